The van der Waals surface area contributed by atoms with Gasteiger partial charge in [-0.3, -0.25) is 14.9 Å². The van der Waals surface area contributed by atoms with Crippen LogP contribution in [0.3, 0.4) is 0 Å². The van der Waals surface area contributed by atoms with E-state index in [0.29, 0.717) is 33.1 Å². The molecule has 8 heteroatoms. The largest absolute Gasteiger partial charge is 0.486 e. The Morgan fingerprint density at radius 2 is 1.77 bits per heavy atom. The first-order chi connectivity index (χ1) is 16.6. The number of ether oxygens (including phenoxy) is 1. The summed E-state index contributed by atoms with van der Waals surface area (Å²) in [7, 11) is 0. The third-order valence-electron chi connectivity index (χ3n) is 5.65. The third-order valence-corrected chi connectivity index (χ3v) is 6.52. The van der Waals surface area contributed by atoms with Crippen molar-refractivity contribution in [3.63, 3.8) is 0 Å². The van der Waals surface area contributed by atoms with Gasteiger partial charge in [0.15, 0.2) is 5.75 Å². The second-order valence-corrected chi connectivity index (χ2v) is 9.58. The normalized spacial score (nSPS) is 14.9. The first kappa shape index (κ1) is 24.7. The maximum absolute atomic E-state index is 13.2. The smallest absolute Gasteiger partial charge is 0.335 e. The van der Waals surface area contributed by atoms with Gasteiger partial charge in [-0.2, -0.15) is 0 Å². The summed E-state index contributed by atoms with van der Waals surface area (Å²) in [4.78, 5) is 39.1. The first-order valence-electron chi connectivity index (χ1n) is 10.8. The van der Waals surface area contributed by atoms with Crippen LogP contribution < -0.4 is 15.0 Å². The van der Waals surface area contributed by atoms with Gasteiger partial charge in [-0.05, 0) is 89.3 Å². The van der Waals surface area contributed by atoms with Gasteiger partial charge in [0.1, 0.15) is 12.2 Å². The molecule has 178 valence electrons. The van der Waals surface area contributed by atoms with Crippen molar-refractivity contribution in [2.45, 2.75) is 27.4 Å². The Kier molecular flexibility index (Phi) is 7.10. The Morgan fingerprint density at radius 1 is 1.00 bits per heavy atom. The van der Waals surface area contributed by atoms with Crippen molar-refractivity contribution in [2.24, 2.45) is 0 Å². The summed E-state index contributed by atoms with van der Waals surface area (Å²) in [5.41, 5.74) is 4.77. The molecule has 1 aliphatic heterocycles. The predicted octanol–water partition coefficient (Wildman–Crippen LogP) is 6.27. The highest BCUT2D eigenvalue weighted by Gasteiger charge is 2.37. The van der Waals surface area contributed by atoms with E-state index in [1.807, 2.05) is 51.1 Å². The van der Waals surface area contributed by atoms with Crippen LogP contribution in [0.2, 0.25) is 5.02 Å². The molecule has 6 nitrogen and oxygen atoms in total. The molecule has 1 N–H and O–H groups in total. The number of hydrogen-bond donors (Lipinski definition) is 1. The number of nitrogens with zero attached hydrogens (tertiary/aromatic N) is 1. The van der Waals surface area contributed by atoms with E-state index >= 15 is 0 Å². The summed E-state index contributed by atoms with van der Waals surface area (Å²) >= 11 is 9.93. The number of anilines is 1. The van der Waals surface area contributed by atoms with Crippen LogP contribution >= 0.6 is 27.5 Å². The molecule has 1 aliphatic rings. The molecule has 3 aromatic carbocycles. The van der Waals surface area contributed by atoms with E-state index in [1.54, 1.807) is 24.3 Å². The zero-order valence-corrected chi connectivity index (χ0v) is 21.7. The zero-order valence-electron chi connectivity index (χ0n) is 19.3. The quantitative estimate of drug-likeness (QED) is 0.298. The van der Waals surface area contributed by atoms with E-state index in [0.717, 1.165) is 27.2 Å². The van der Waals surface area contributed by atoms with E-state index in [9.17, 15) is 14.4 Å². The molecule has 35 heavy (non-hydrogen) atoms. The second kappa shape index (κ2) is 10.1. The monoisotopic (exact) mass is 552 g/mol. The predicted molar refractivity (Wildman–Crippen MR) is 140 cm³/mol. The Labute approximate surface area is 216 Å². The van der Waals surface area contributed by atoms with Gasteiger partial charge in [-0.1, -0.05) is 47.5 Å². The van der Waals surface area contributed by atoms with E-state index in [2.05, 4.69) is 21.2 Å². The van der Waals surface area contributed by atoms with Gasteiger partial charge in [0, 0.05) is 0 Å². The second-order valence-electron chi connectivity index (χ2n) is 8.32. The Balaban J connectivity index is 1.62. The van der Waals surface area contributed by atoms with E-state index in [4.69, 9.17) is 16.3 Å². The maximum Gasteiger partial charge on any atom is 0.335 e. The number of rotatable bonds is 5. The Bertz CT molecular complexity index is 1380. The number of halogens is 2. The lowest BCUT2D eigenvalue weighted by molar-refractivity contribution is -0.122. The van der Waals surface area contributed by atoms with Crippen molar-refractivity contribution in [3.8, 4) is 5.75 Å². The van der Waals surface area contributed by atoms with Gasteiger partial charge in [0.25, 0.3) is 11.8 Å². The van der Waals surface area contributed by atoms with Crippen molar-refractivity contribution >= 4 is 57.1 Å². The fourth-order valence-electron chi connectivity index (χ4n) is 3.68. The molecule has 0 bridgehead atoms. The Morgan fingerprint density at radius 3 is 2.46 bits per heavy atom. The third kappa shape index (κ3) is 5.31. The summed E-state index contributed by atoms with van der Waals surface area (Å²) in [6.45, 7) is 6.15. The van der Waals surface area contributed by atoms with Crippen molar-refractivity contribution in [3.05, 3.63) is 97.5 Å². The number of hydrogen-bond acceptors (Lipinski definition) is 4. The van der Waals surface area contributed by atoms with Crippen LogP contribution in [-0.2, 0) is 16.2 Å². The van der Waals surface area contributed by atoms with Crippen LogP contribution in [-0.4, -0.2) is 17.8 Å². The SMILES string of the molecule is Cc1cccc(COc2c(Cl)cc(/C=C3\C(=O)NC(=O)N(c4ccc(C)c(C)c4)C3=O)cc2Br)c1. The summed E-state index contributed by atoms with van der Waals surface area (Å²) in [6, 6.07) is 15.7. The average molecular weight is 554 g/mol. The van der Waals surface area contributed by atoms with Crippen molar-refractivity contribution in [2.75, 3.05) is 4.90 Å². The van der Waals surface area contributed by atoms with E-state index < -0.39 is 17.8 Å². The molecule has 4 amide bonds. The topological polar surface area (TPSA) is 75.7 Å². The van der Waals surface area contributed by atoms with Crippen LogP contribution in [0.15, 0.2) is 64.6 Å². The molecule has 3 aromatic rings. The van der Waals surface area contributed by atoms with Crippen molar-refractivity contribution < 1.29 is 19.1 Å². The number of urea groups is 1. The van der Waals surface area contributed by atoms with Gasteiger partial charge in [-0.25, -0.2) is 9.69 Å². The molecule has 0 aromatic heterocycles. The molecule has 0 atom stereocenters. The van der Waals surface area contributed by atoms with Crippen molar-refractivity contribution in [1.82, 2.24) is 5.32 Å². The molecule has 0 spiro atoms. The number of amides is 4. The fourth-order valence-corrected chi connectivity index (χ4v) is 4.67. The molecule has 1 saturated heterocycles. The van der Waals surface area contributed by atoms with E-state index in [-0.39, 0.29) is 5.57 Å². The average Bonchev–Trinajstić information content (AvgIpc) is 2.78. The highest BCUT2D eigenvalue weighted by molar-refractivity contribution is 9.10. The number of aryl methyl sites for hydroxylation is 3. The maximum atomic E-state index is 13.2. The number of carbonyl (C=O) groups is 3. The molecule has 0 unspecified atom stereocenters. The highest BCUT2D eigenvalue weighted by Crippen LogP contribution is 2.36. The standard InChI is InChI=1S/C27H22BrClN2O4/c1-15-5-4-6-18(9-15)14-35-24-22(28)12-19(13-23(24)29)11-21-25(32)30-27(34)31(26(21)33)20-8-7-16(2)17(3)10-20/h4-13H,14H2,1-3H3,(H,30,32,34)/b21-11+. The molecular formula is C27H22BrClN2O4. The number of barbiturate groups is 1. The van der Waals surface area contributed by atoms with Crippen LogP contribution in [0, 0.1) is 20.8 Å². The number of benzene rings is 3. The van der Waals surface area contributed by atoms with Crippen LogP contribution in [0.1, 0.15) is 27.8 Å². The minimum Gasteiger partial charge on any atom is -0.486 e. The molecule has 0 saturated carbocycles. The number of imide groups is 2. The van der Waals surface area contributed by atoms with Gasteiger partial charge in [0.2, 0.25) is 0 Å². The van der Waals surface area contributed by atoms with Crippen molar-refractivity contribution in [1.29, 1.82) is 0 Å². The summed E-state index contributed by atoms with van der Waals surface area (Å²) < 4.78 is 6.47. The lowest BCUT2D eigenvalue weighted by Gasteiger charge is -2.27. The minimum atomic E-state index is -0.792. The van der Waals surface area contributed by atoms with E-state index in [1.165, 1.54) is 6.08 Å². The van der Waals surface area contributed by atoms with Crippen LogP contribution in [0.25, 0.3) is 6.08 Å². The lowest BCUT2D eigenvalue weighted by atomic mass is 10.0. The van der Waals surface area contributed by atoms with Gasteiger partial charge >= 0.3 is 6.03 Å². The fraction of sp³-hybridized carbons (Fsp3) is 0.148. The van der Waals surface area contributed by atoms with Gasteiger partial charge in [-0.15, -0.1) is 0 Å². The van der Waals surface area contributed by atoms with Gasteiger partial charge in [0.05, 0.1) is 15.2 Å². The molecule has 0 aliphatic carbocycles. The zero-order chi connectivity index (χ0) is 25.3. The first-order valence-corrected chi connectivity index (χ1v) is 12.0. The molecule has 1 heterocycles. The number of carbonyl (C=O) groups excluding carboxylic acids is 3. The summed E-state index contributed by atoms with van der Waals surface area (Å²) in [5.74, 6) is -1.04. The number of nitrogens with one attached hydrogen (secondary N) is 1. The summed E-state index contributed by atoms with van der Waals surface area (Å²) in [5, 5.41) is 2.55. The molecular weight excluding hydrogens is 532 g/mol. The van der Waals surface area contributed by atoms with Crippen LogP contribution in [0.5, 0.6) is 5.75 Å². The van der Waals surface area contributed by atoms with Crippen LogP contribution in [0.4, 0.5) is 10.5 Å². The minimum absolute atomic E-state index is 0.181. The lowest BCUT2D eigenvalue weighted by Crippen LogP contribution is -2.54. The molecule has 1 fully saturated rings. The highest BCUT2D eigenvalue weighted by atomic mass is 79.9. The summed E-state index contributed by atoms with van der Waals surface area (Å²) in [6.07, 6.45) is 1.40. The van der Waals surface area contributed by atoms with Gasteiger partial charge < -0.3 is 4.74 Å². The molecule has 4 rings (SSSR count). The molecule has 0 radical (unpaired) electrons. The Hall–Kier alpha value is -3.42.